The molecule has 2 aromatic heterocycles. The highest BCUT2D eigenvalue weighted by atomic mass is 32.2. The number of pyridine rings is 1. The van der Waals surface area contributed by atoms with Crippen LogP contribution in [0.4, 0.5) is 24.0 Å². The van der Waals surface area contributed by atoms with Crippen molar-refractivity contribution >= 4 is 44.1 Å². The number of phenols is 1. The van der Waals surface area contributed by atoms with Crippen molar-refractivity contribution in [3.05, 3.63) is 66.0 Å². The Hall–Kier alpha value is -2.98. The van der Waals surface area contributed by atoms with Crippen LogP contribution in [0.15, 0.2) is 59.6 Å². The minimum absolute atomic E-state index is 0.143. The third kappa shape index (κ3) is 3.55. The van der Waals surface area contributed by atoms with E-state index in [1.165, 1.54) is 29.2 Å². The van der Waals surface area contributed by atoms with Gasteiger partial charge in [-0.1, -0.05) is 23.1 Å². The molecule has 158 valence electrons. The van der Waals surface area contributed by atoms with E-state index < -0.39 is 17.1 Å². The molecule has 0 fully saturated rings. The second kappa shape index (κ2) is 7.31. The normalized spacial score (nSPS) is 16.0. The summed E-state index contributed by atoms with van der Waals surface area (Å²) in [6.07, 6.45) is -3.59. The molecule has 2 aromatic carbocycles. The maximum absolute atomic E-state index is 13.0. The van der Waals surface area contributed by atoms with E-state index in [4.69, 9.17) is 9.72 Å². The second-order valence-electron chi connectivity index (χ2n) is 6.79. The van der Waals surface area contributed by atoms with Crippen molar-refractivity contribution in [3.63, 3.8) is 0 Å². The predicted octanol–water partition coefficient (Wildman–Crippen LogP) is 6.37. The first kappa shape index (κ1) is 20.0. The van der Waals surface area contributed by atoms with Gasteiger partial charge in [-0.3, -0.25) is 9.88 Å². The molecule has 0 saturated heterocycles. The molecule has 5 rings (SSSR count). The summed E-state index contributed by atoms with van der Waals surface area (Å²) in [5.41, 5.74) is 1.28. The van der Waals surface area contributed by atoms with E-state index in [1.807, 2.05) is 23.1 Å². The average molecular weight is 461 g/mol. The van der Waals surface area contributed by atoms with Gasteiger partial charge in [0.1, 0.15) is 16.9 Å². The van der Waals surface area contributed by atoms with Crippen LogP contribution in [0.1, 0.15) is 16.6 Å². The Labute approximate surface area is 183 Å². The number of hydrogen-bond acceptors (Lipinski definition) is 7. The first-order chi connectivity index (χ1) is 14.8. The lowest BCUT2D eigenvalue weighted by molar-refractivity contribution is -0.137. The Bertz CT molecular complexity index is 1280. The van der Waals surface area contributed by atoms with Crippen LogP contribution < -0.4 is 9.64 Å². The monoisotopic (exact) mass is 461 g/mol. The number of halogens is 3. The number of ether oxygens (including phenoxy) is 1. The molecule has 31 heavy (non-hydrogen) atoms. The van der Waals surface area contributed by atoms with Gasteiger partial charge < -0.3 is 9.84 Å². The quantitative estimate of drug-likeness (QED) is 0.383. The number of aromatic hydroxyl groups is 1. The fourth-order valence-electron chi connectivity index (χ4n) is 3.33. The summed E-state index contributed by atoms with van der Waals surface area (Å²) in [6, 6.07) is 13.0. The molecule has 3 heterocycles. The molecule has 0 aliphatic carbocycles. The third-order valence-electron chi connectivity index (χ3n) is 4.83. The molecule has 10 heteroatoms. The highest BCUT2D eigenvalue weighted by molar-refractivity contribution is 8.00. The van der Waals surface area contributed by atoms with Gasteiger partial charge >= 0.3 is 6.18 Å². The second-order valence-corrected chi connectivity index (χ2v) is 8.92. The maximum atomic E-state index is 13.0. The zero-order valence-corrected chi connectivity index (χ0v) is 17.6. The van der Waals surface area contributed by atoms with Crippen molar-refractivity contribution in [3.8, 4) is 11.5 Å². The Morgan fingerprint density at radius 1 is 1.10 bits per heavy atom. The van der Waals surface area contributed by atoms with E-state index in [0.29, 0.717) is 16.6 Å². The topological polar surface area (TPSA) is 58.5 Å². The van der Waals surface area contributed by atoms with Crippen molar-refractivity contribution in [2.45, 2.75) is 16.4 Å². The highest BCUT2D eigenvalue weighted by Crippen LogP contribution is 2.56. The Morgan fingerprint density at radius 2 is 1.94 bits per heavy atom. The van der Waals surface area contributed by atoms with Gasteiger partial charge in [0.25, 0.3) is 0 Å². The van der Waals surface area contributed by atoms with E-state index in [-0.39, 0.29) is 5.75 Å². The minimum atomic E-state index is -4.45. The molecule has 4 aromatic rings. The first-order valence-electron chi connectivity index (χ1n) is 9.10. The number of anilines is 2. The molecule has 5 nitrogen and oxygen atoms in total. The lowest BCUT2D eigenvalue weighted by Gasteiger charge is -2.23. The molecule has 1 aliphatic heterocycles. The van der Waals surface area contributed by atoms with Crippen molar-refractivity contribution < 1.29 is 23.0 Å². The van der Waals surface area contributed by atoms with E-state index in [9.17, 15) is 18.3 Å². The van der Waals surface area contributed by atoms with Crippen LogP contribution in [-0.4, -0.2) is 22.2 Å². The standard InChI is InChI=1S/C21H14F3N3O2S2/c1-29-13-4-7-16-18(9-13)30-19(15-5-2-11(10-25-15)21(22,23)24)27(16)20-26-14-6-3-12(28)8-17(14)31-20/h2-10,19,28H,1H3. The minimum Gasteiger partial charge on any atom is -0.508 e. The third-order valence-corrected chi connectivity index (χ3v) is 7.11. The molecule has 0 saturated carbocycles. The van der Waals surface area contributed by atoms with Crippen LogP contribution in [-0.2, 0) is 6.18 Å². The summed E-state index contributed by atoms with van der Waals surface area (Å²) in [4.78, 5) is 11.7. The number of aromatic nitrogens is 2. The lowest BCUT2D eigenvalue weighted by atomic mass is 10.2. The maximum Gasteiger partial charge on any atom is 0.417 e. The van der Waals surface area contributed by atoms with Crippen LogP contribution in [0, 0.1) is 0 Å². The van der Waals surface area contributed by atoms with Gasteiger partial charge in [-0.25, -0.2) is 4.98 Å². The number of thiazole rings is 1. The summed E-state index contributed by atoms with van der Waals surface area (Å²) in [5, 5.41) is 10.0. The molecule has 1 N–H and O–H groups in total. The van der Waals surface area contributed by atoms with Gasteiger partial charge in [-0.2, -0.15) is 13.2 Å². The molecular weight excluding hydrogens is 447 g/mol. The fourth-order valence-corrected chi connectivity index (χ4v) is 5.73. The number of nitrogens with zero attached hydrogens (tertiary/aromatic N) is 3. The number of rotatable bonds is 3. The summed E-state index contributed by atoms with van der Waals surface area (Å²) in [5.74, 6) is 0.825. The SMILES string of the molecule is COc1ccc2c(c1)SC(c1ccc(C(F)(F)F)cn1)N2c1nc2ccc(O)cc2s1. The molecule has 1 atom stereocenters. The van der Waals surface area contributed by atoms with Crippen molar-refractivity contribution in [1.29, 1.82) is 0 Å². The van der Waals surface area contributed by atoms with E-state index in [1.54, 1.807) is 25.3 Å². The van der Waals surface area contributed by atoms with Crippen LogP contribution in [0.25, 0.3) is 10.2 Å². The van der Waals surface area contributed by atoms with E-state index in [0.717, 1.165) is 33.1 Å². The number of phenolic OH excluding ortho intramolecular Hbond substituents is 1. The molecule has 0 amide bonds. The molecular formula is C21H14F3N3O2S2. The van der Waals surface area contributed by atoms with Crippen molar-refractivity contribution in [1.82, 2.24) is 9.97 Å². The summed E-state index contributed by atoms with van der Waals surface area (Å²) >= 11 is 2.86. The summed E-state index contributed by atoms with van der Waals surface area (Å²) < 4.78 is 45.1. The molecule has 0 bridgehead atoms. The van der Waals surface area contributed by atoms with Gasteiger partial charge in [-0.15, -0.1) is 0 Å². The Kier molecular flexibility index (Phi) is 4.71. The van der Waals surface area contributed by atoms with Crippen LogP contribution in [0.5, 0.6) is 11.5 Å². The Morgan fingerprint density at radius 3 is 2.65 bits per heavy atom. The largest absolute Gasteiger partial charge is 0.508 e. The number of fused-ring (bicyclic) bond motifs is 2. The number of methoxy groups -OCH3 is 1. The number of alkyl halides is 3. The van der Waals surface area contributed by atoms with Crippen LogP contribution >= 0.6 is 23.1 Å². The Balaban J connectivity index is 1.62. The summed E-state index contributed by atoms with van der Waals surface area (Å²) in [7, 11) is 1.58. The number of hydrogen-bond donors (Lipinski definition) is 1. The van der Waals surface area contributed by atoms with Crippen LogP contribution in [0.2, 0.25) is 0 Å². The molecule has 1 aliphatic rings. The smallest absolute Gasteiger partial charge is 0.417 e. The molecule has 0 radical (unpaired) electrons. The zero-order valence-electron chi connectivity index (χ0n) is 15.9. The van der Waals surface area contributed by atoms with E-state index >= 15 is 0 Å². The highest BCUT2D eigenvalue weighted by Gasteiger charge is 2.37. The lowest BCUT2D eigenvalue weighted by Crippen LogP contribution is -2.18. The van der Waals surface area contributed by atoms with Gasteiger partial charge in [-0.05, 0) is 48.5 Å². The van der Waals surface area contributed by atoms with Crippen molar-refractivity contribution in [2.24, 2.45) is 0 Å². The van der Waals surface area contributed by atoms with Crippen molar-refractivity contribution in [2.75, 3.05) is 12.0 Å². The van der Waals surface area contributed by atoms with Gasteiger partial charge in [0.15, 0.2) is 5.13 Å². The predicted molar refractivity (Wildman–Crippen MR) is 114 cm³/mol. The summed E-state index contributed by atoms with van der Waals surface area (Å²) in [6.45, 7) is 0. The average Bonchev–Trinajstić information content (AvgIpc) is 3.33. The van der Waals surface area contributed by atoms with Crippen LogP contribution in [0.3, 0.4) is 0 Å². The number of benzene rings is 2. The zero-order chi connectivity index (χ0) is 21.8. The number of thioether (sulfide) groups is 1. The fraction of sp³-hybridized carbons (Fsp3) is 0.143. The molecule has 0 spiro atoms. The van der Waals surface area contributed by atoms with Gasteiger partial charge in [0.05, 0.1) is 34.3 Å². The van der Waals surface area contributed by atoms with Gasteiger partial charge in [0.2, 0.25) is 0 Å². The molecule has 1 unspecified atom stereocenters. The van der Waals surface area contributed by atoms with Gasteiger partial charge in [0, 0.05) is 11.1 Å². The van der Waals surface area contributed by atoms with E-state index in [2.05, 4.69) is 4.98 Å². The first-order valence-corrected chi connectivity index (χ1v) is 10.8.